The molecule has 208 valence electrons. The SMILES string of the molecule is COc1ccc(-c2nn(-c3ccccc3)cc2C=c2sc3nc(-c4ccccc4OC(C)=O)nn3c2=O)cc1[N+](=O)[O-]. The number of rotatable bonds is 7. The summed E-state index contributed by atoms with van der Waals surface area (Å²) < 4.78 is 13.6. The first-order valence-corrected chi connectivity index (χ1v) is 13.3. The second kappa shape index (κ2) is 10.7. The maximum absolute atomic E-state index is 13.4. The molecule has 13 heteroatoms. The van der Waals surface area contributed by atoms with E-state index in [-0.39, 0.29) is 23.0 Å². The van der Waals surface area contributed by atoms with E-state index in [2.05, 4.69) is 10.1 Å². The summed E-state index contributed by atoms with van der Waals surface area (Å²) in [5, 5.41) is 20.8. The largest absolute Gasteiger partial charge is 0.490 e. The number of aromatic nitrogens is 5. The average Bonchev–Trinajstić information content (AvgIpc) is 3.68. The number of carbonyl (C=O) groups excluding carboxylic acids is 1. The molecule has 0 atom stereocenters. The smallest absolute Gasteiger partial charge is 0.311 e. The molecule has 0 spiro atoms. The van der Waals surface area contributed by atoms with E-state index in [1.807, 2.05) is 30.3 Å². The van der Waals surface area contributed by atoms with Crippen LogP contribution in [-0.4, -0.2) is 42.4 Å². The quantitative estimate of drug-likeness (QED) is 0.118. The minimum absolute atomic E-state index is 0.121. The summed E-state index contributed by atoms with van der Waals surface area (Å²) in [5.41, 5.74) is 2.08. The van der Waals surface area contributed by atoms with E-state index < -0.39 is 16.5 Å². The summed E-state index contributed by atoms with van der Waals surface area (Å²) in [7, 11) is 1.36. The zero-order valence-electron chi connectivity index (χ0n) is 22.1. The molecule has 0 saturated carbocycles. The lowest BCUT2D eigenvalue weighted by molar-refractivity contribution is -0.385. The number of hydrogen-bond acceptors (Lipinski definition) is 10. The van der Waals surface area contributed by atoms with E-state index in [1.165, 1.54) is 30.7 Å². The van der Waals surface area contributed by atoms with Crippen LogP contribution in [0.3, 0.4) is 0 Å². The van der Waals surface area contributed by atoms with Crippen LogP contribution in [0.2, 0.25) is 0 Å². The lowest BCUT2D eigenvalue weighted by atomic mass is 10.1. The van der Waals surface area contributed by atoms with Crippen molar-refractivity contribution in [3.8, 4) is 39.8 Å². The minimum Gasteiger partial charge on any atom is -0.490 e. The highest BCUT2D eigenvalue weighted by Gasteiger charge is 2.20. The number of esters is 1. The zero-order chi connectivity index (χ0) is 29.4. The first-order valence-electron chi connectivity index (χ1n) is 12.5. The molecule has 0 aliphatic rings. The third-order valence-electron chi connectivity index (χ3n) is 6.26. The van der Waals surface area contributed by atoms with E-state index in [0.29, 0.717) is 31.9 Å². The lowest BCUT2D eigenvalue weighted by Gasteiger charge is -2.04. The second-order valence-corrected chi connectivity index (χ2v) is 10.0. The highest BCUT2D eigenvalue weighted by molar-refractivity contribution is 7.15. The van der Waals surface area contributed by atoms with Crippen molar-refractivity contribution in [3.05, 3.63) is 110 Å². The average molecular weight is 581 g/mol. The molecule has 0 unspecified atom stereocenters. The number of para-hydroxylation sites is 2. The Morgan fingerprint density at radius 1 is 1.02 bits per heavy atom. The van der Waals surface area contributed by atoms with Crippen LogP contribution in [0.25, 0.3) is 39.4 Å². The lowest BCUT2D eigenvalue weighted by Crippen LogP contribution is -2.23. The van der Waals surface area contributed by atoms with E-state index in [9.17, 15) is 19.7 Å². The van der Waals surface area contributed by atoms with E-state index in [4.69, 9.17) is 14.6 Å². The van der Waals surface area contributed by atoms with E-state index in [1.54, 1.807) is 47.3 Å². The van der Waals surface area contributed by atoms with Crippen molar-refractivity contribution in [2.75, 3.05) is 7.11 Å². The Morgan fingerprint density at radius 2 is 1.79 bits per heavy atom. The van der Waals surface area contributed by atoms with Gasteiger partial charge in [-0.15, -0.1) is 5.10 Å². The predicted molar refractivity (Wildman–Crippen MR) is 155 cm³/mol. The van der Waals surface area contributed by atoms with Crippen LogP contribution >= 0.6 is 11.3 Å². The molecule has 0 saturated heterocycles. The molecule has 3 aromatic heterocycles. The number of nitro groups is 1. The van der Waals surface area contributed by atoms with Crippen molar-refractivity contribution in [3.63, 3.8) is 0 Å². The van der Waals surface area contributed by atoms with Gasteiger partial charge in [0.25, 0.3) is 5.56 Å². The first-order chi connectivity index (χ1) is 20.3. The van der Waals surface area contributed by atoms with Crippen LogP contribution in [0.5, 0.6) is 11.5 Å². The van der Waals surface area contributed by atoms with Gasteiger partial charge in [0.15, 0.2) is 11.6 Å². The van der Waals surface area contributed by atoms with Crippen LogP contribution < -0.4 is 19.6 Å². The number of nitrogens with zero attached hydrogens (tertiary/aromatic N) is 6. The molecule has 0 radical (unpaired) electrons. The molecular weight excluding hydrogens is 560 g/mol. The molecule has 3 aromatic carbocycles. The number of fused-ring (bicyclic) bond motifs is 1. The first kappa shape index (κ1) is 26.5. The highest BCUT2D eigenvalue weighted by atomic mass is 32.1. The number of methoxy groups -OCH3 is 1. The molecule has 0 N–H and O–H groups in total. The number of ether oxygens (including phenoxy) is 2. The third kappa shape index (κ3) is 4.88. The maximum atomic E-state index is 13.4. The Bertz CT molecular complexity index is 2100. The van der Waals surface area contributed by atoms with Crippen LogP contribution in [0.1, 0.15) is 12.5 Å². The zero-order valence-corrected chi connectivity index (χ0v) is 22.9. The molecule has 0 bridgehead atoms. The molecule has 12 nitrogen and oxygen atoms in total. The van der Waals surface area contributed by atoms with E-state index >= 15 is 0 Å². The Kier molecular flexibility index (Phi) is 6.76. The monoisotopic (exact) mass is 580 g/mol. The molecule has 6 rings (SSSR count). The Balaban J connectivity index is 1.49. The van der Waals surface area contributed by atoms with Crippen molar-refractivity contribution < 1.29 is 19.2 Å². The van der Waals surface area contributed by atoms with Gasteiger partial charge in [0, 0.05) is 30.3 Å². The second-order valence-electron chi connectivity index (χ2n) is 8.99. The fourth-order valence-electron chi connectivity index (χ4n) is 4.39. The number of nitro benzene ring substituents is 1. The van der Waals surface area contributed by atoms with Gasteiger partial charge in [-0.2, -0.15) is 14.6 Å². The molecule has 6 aromatic rings. The summed E-state index contributed by atoms with van der Waals surface area (Å²) in [6.07, 6.45) is 3.41. The molecule has 42 heavy (non-hydrogen) atoms. The van der Waals surface area contributed by atoms with Crippen molar-refractivity contribution >= 4 is 34.0 Å². The van der Waals surface area contributed by atoms with Crippen molar-refractivity contribution in [1.82, 2.24) is 24.4 Å². The summed E-state index contributed by atoms with van der Waals surface area (Å²) >= 11 is 1.13. The highest BCUT2D eigenvalue weighted by Crippen LogP contribution is 2.34. The Morgan fingerprint density at radius 3 is 2.50 bits per heavy atom. The standard InChI is InChI=1S/C29H20N6O6S/c1-17(36)41-23-11-7-6-10-21(23)27-30-29-34(32-27)28(37)25(42-29)15-19-16-33(20-8-4-3-5-9-20)31-26(19)18-12-13-24(40-2)22(14-18)35(38)39/h3-16H,1-2H3. The topological polar surface area (TPSA) is 144 Å². The summed E-state index contributed by atoms with van der Waals surface area (Å²) in [4.78, 5) is 41.0. The summed E-state index contributed by atoms with van der Waals surface area (Å²) in [5.74, 6) is 0.160. The summed E-state index contributed by atoms with van der Waals surface area (Å²) in [6.45, 7) is 1.30. The Labute approximate surface area is 240 Å². The predicted octanol–water partition coefficient (Wildman–Crippen LogP) is 4.06. The van der Waals surface area contributed by atoms with Gasteiger partial charge in [0.05, 0.1) is 27.8 Å². The normalized spacial score (nSPS) is 11.6. The molecule has 0 fully saturated rings. The van der Waals surface area contributed by atoms with Gasteiger partial charge in [-0.1, -0.05) is 41.7 Å². The van der Waals surface area contributed by atoms with E-state index in [0.717, 1.165) is 17.0 Å². The van der Waals surface area contributed by atoms with Gasteiger partial charge in [-0.25, -0.2) is 4.68 Å². The molecule has 0 amide bonds. The fourth-order valence-corrected chi connectivity index (χ4v) is 5.29. The van der Waals surface area contributed by atoms with Crippen LogP contribution in [-0.2, 0) is 4.79 Å². The number of carbonyl (C=O) groups is 1. The number of thiazole rings is 1. The molecular formula is C29H20N6O6S. The molecule has 3 heterocycles. The molecule has 0 aliphatic heterocycles. The van der Waals surface area contributed by atoms with Gasteiger partial charge in [-0.3, -0.25) is 19.7 Å². The van der Waals surface area contributed by atoms with Gasteiger partial charge in [0.2, 0.25) is 4.96 Å². The third-order valence-corrected chi connectivity index (χ3v) is 7.22. The number of benzene rings is 3. The van der Waals surface area contributed by atoms with Crippen molar-refractivity contribution in [1.29, 1.82) is 0 Å². The molecule has 0 aliphatic carbocycles. The van der Waals surface area contributed by atoms with Gasteiger partial charge >= 0.3 is 11.7 Å². The van der Waals surface area contributed by atoms with Gasteiger partial charge in [0.1, 0.15) is 11.4 Å². The van der Waals surface area contributed by atoms with Crippen LogP contribution in [0.15, 0.2) is 83.8 Å². The van der Waals surface area contributed by atoms with Gasteiger partial charge < -0.3 is 9.47 Å². The maximum Gasteiger partial charge on any atom is 0.311 e. The van der Waals surface area contributed by atoms with Crippen molar-refractivity contribution in [2.45, 2.75) is 6.92 Å². The van der Waals surface area contributed by atoms with Crippen LogP contribution in [0, 0.1) is 10.1 Å². The minimum atomic E-state index is -0.521. The fraction of sp³-hybridized carbons (Fsp3) is 0.0690. The number of hydrogen-bond donors (Lipinski definition) is 0. The van der Waals surface area contributed by atoms with Crippen molar-refractivity contribution in [2.24, 2.45) is 0 Å². The summed E-state index contributed by atoms with van der Waals surface area (Å²) in [6, 6.07) is 20.7. The van der Waals surface area contributed by atoms with Crippen LogP contribution in [0.4, 0.5) is 5.69 Å². The Hall–Kier alpha value is -5.69. The van der Waals surface area contributed by atoms with Gasteiger partial charge in [-0.05, 0) is 42.5 Å².